The summed E-state index contributed by atoms with van der Waals surface area (Å²) < 4.78 is 12.2. The van der Waals surface area contributed by atoms with Gasteiger partial charge in [-0.3, -0.25) is 0 Å². The second kappa shape index (κ2) is 7.02. The summed E-state index contributed by atoms with van der Waals surface area (Å²) in [6.45, 7) is 5.86. The van der Waals surface area contributed by atoms with Crippen LogP contribution in [0.4, 0.5) is 5.82 Å². The van der Waals surface area contributed by atoms with Crippen LogP contribution in [-0.2, 0) is 9.47 Å². The Hall–Kier alpha value is -1.44. The molecule has 1 unspecified atom stereocenters. The Bertz CT molecular complexity index is 604. The summed E-state index contributed by atoms with van der Waals surface area (Å²) in [6.07, 6.45) is 1.47. The van der Waals surface area contributed by atoms with Crippen LogP contribution in [0.1, 0.15) is 12.5 Å². The zero-order chi connectivity index (χ0) is 15.4. The van der Waals surface area contributed by atoms with Gasteiger partial charge in [0.05, 0.1) is 19.3 Å². The van der Waals surface area contributed by atoms with Gasteiger partial charge in [0.1, 0.15) is 17.3 Å². The second-order valence-electron chi connectivity index (χ2n) is 4.81. The average Bonchev–Trinajstić information content (AvgIpc) is 2.90. The molecule has 2 heterocycles. The summed E-state index contributed by atoms with van der Waals surface area (Å²) in [4.78, 5) is 10.5. The molecule has 0 N–H and O–H groups in total. The Balaban J connectivity index is 2.51. The molecule has 0 aliphatic heterocycles. The third-order valence-electron chi connectivity index (χ3n) is 3.32. The molecule has 2 aromatic rings. The van der Waals surface area contributed by atoms with E-state index in [1.54, 1.807) is 18.7 Å². The highest BCUT2D eigenvalue weighted by Crippen LogP contribution is 2.27. The smallest absolute Gasteiger partial charge is 0.255 e. The molecule has 116 valence electrons. The average molecular weight is 314 g/mol. The second-order valence-corrected chi connectivity index (χ2v) is 5.17. The minimum atomic E-state index is 0.134. The molecule has 0 amide bonds. The summed E-state index contributed by atoms with van der Waals surface area (Å²) in [5, 5.41) is 4.68. The number of rotatable bonds is 7. The summed E-state index contributed by atoms with van der Waals surface area (Å²) in [7, 11) is 3.36. The van der Waals surface area contributed by atoms with Crippen LogP contribution in [0.5, 0.6) is 0 Å². The van der Waals surface area contributed by atoms with Crippen molar-refractivity contribution >= 4 is 23.2 Å². The maximum atomic E-state index is 6.23. The van der Waals surface area contributed by atoms with Crippen LogP contribution >= 0.6 is 11.6 Å². The van der Waals surface area contributed by atoms with E-state index < -0.39 is 0 Å². The maximum Gasteiger partial charge on any atom is 0.255 e. The molecule has 0 bridgehead atoms. The number of methoxy groups -OCH3 is 2. The molecule has 0 saturated carbocycles. The fourth-order valence-corrected chi connectivity index (χ4v) is 2.44. The first-order valence-corrected chi connectivity index (χ1v) is 7.08. The lowest BCUT2D eigenvalue weighted by Crippen LogP contribution is -2.40. The van der Waals surface area contributed by atoms with Crippen molar-refractivity contribution in [2.45, 2.75) is 19.9 Å². The van der Waals surface area contributed by atoms with Crippen LogP contribution in [0, 0.1) is 6.92 Å². The number of ether oxygens (including phenoxy) is 2. The minimum absolute atomic E-state index is 0.134. The van der Waals surface area contributed by atoms with Gasteiger partial charge >= 0.3 is 0 Å². The summed E-state index contributed by atoms with van der Waals surface area (Å²) >= 11 is 6.23. The van der Waals surface area contributed by atoms with Crippen molar-refractivity contribution in [3.05, 3.63) is 17.0 Å². The normalized spacial score (nSPS) is 12.8. The quantitative estimate of drug-likeness (QED) is 0.723. The molecule has 0 aliphatic carbocycles. The van der Waals surface area contributed by atoms with E-state index in [4.69, 9.17) is 21.1 Å². The molecule has 7 nitrogen and oxygen atoms in total. The maximum absolute atomic E-state index is 6.23. The van der Waals surface area contributed by atoms with E-state index in [0.29, 0.717) is 30.7 Å². The molecule has 1 atom stereocenters. The number of nitrogens with zero attached hydrogens (tertiary/aromatic N) is 5. The van der Waals surface area contributed by atoms with Crippen LogP contribution in [0.25, 0.3) is 5.78 Å². The van der Waals surface area contributed by atoms with Gasteiger partial charge in [-0.1, -0.05) is 11.6 Å². The van der Waals surface area contributed by atoms with Gasteiger partial charge in [0.2, 0.25) is 0 Å². The molecule has 0 saturated heterocycles. The van der Waals surface area contributed by atoms with E-state index in [-0.39, 0.29) is 6.04 Å². The molecule has 2 rings (SSSR count). The van der Waals surface area contributed by atoms with Gasteiger partial charge in [-0.25, -0.2) is 0 Å². The Labute approximate surface area is 128 Å². The number of hydrogen-bond donors (Lipinski definition) is 0. The Kier molecular flexibility index (Phi) is 5.33. The lowest BCUT2D eigenvalue weighted by molar-refractivity contribution is 0.170. The van der Waals surface area contributed by atoms with Crippen LogP contribution in [-0.4, -0.2) is 59.6 Å². The fraction of sp³-hybridized carbons (Fsp3) is 0.615. The third-order valence-corrected chi connectivity index (χ3v) is 3.69. The molecule has 0 spiro atoms. The molecule has 0 fully saturated rings. The van der Waals surface area contributed by atoms with E-state index in [2.05, 4.69) is 26.9 Å². The van der Waals surface area contributed by atoms with E-state index in [1.165, 1.54) is 6.33 Å². The molecular weight excluding hydrogens is 294 g/mol. The largest absolute Gasteiger partial charge is 0.383 e. The van der Waals surface area contributed by atoms with Crippen molar-refractivity contribution < 1.29 is 9.47 Å². The van der Waals surface area contributed by atoms with E-state index >= 15 is 0 Å². The first-order chi connectivity index (χ1) is 10.1. The third kappa shape index (κ3) is 3.25. The van der Waals surface area contributed by atoms with E-state index in [9.17, 15) is 0 Å². The molecule has 2 aromatic heterocycles. The van der Waals surface area contributed by atoms with Crippen LogP contribution in [0.3, 0.4) is 0 Å². The number of aromatic nitrogens is 4. The van der Waals surface area contributed by atoms with Gasteiger partial charge in [-0.15, -0.1) is 0 Å². The zero-order valence-corrected chi connectivity index (χ0v) is 13.5. The van der Waals surface area contributed by atoms with Crippen molar-refractivity contribution in [2.75, 3.05) is 38.9 Å². The number of anilines is 1. The number of halogens is 1. The monoisotopic (exact) mass is 313 g/mol. The SMILES string of the molecule is COCCN(c1c(C)c(Cl)nc2ncnn12)C(C)COC. The van der Waals surface area contributed by atoms with Gasteiger partial charge in [0.25, 0.3) is 5.78 Å². The van der Waals surface area contributed by atoms with E-state index in [1.807, 2.05) is 6.92 Å². The Morgan fingerprint density at radius 2 is 2.14 bits per heavy atom. The van der Waals surface area contributed by atoms with Crippen molar-refractivity contribution in [1.82, 2.24) is 19.6 Å². The topological polar surface area (TPSA) is 64.8 Å². The highest BCUT2D eigenvalue weighted by atomic mass is 35.5. The van der Waals surface area contributed by atoms with Crippen molar-refractivity contribution in [2.24, 2.45) is 0 Å². The van der Waals surface area contributed by atoms with Crippen LogP contribution in [0.2, 0.25) is 5.15 Å². The molecule has 8 heteroatoms. The minimum Gasteiger partial charge on any atom is -0.383 e. The predicted molar refractivity (Wildman–Crippen MR) is 81.1 cm³/mol. The van der Waals surface area contributed by atoms with Crippen LogP contribution < -0.4 is 4.90 Å². The molecule has 0 aromatic carbocycles. The summed E-state index contributed by atoms with van der Waals surface area (Å²) in [6, 6.07) is 0.134. The fourth-order valence-electron chi connectivity index (χ4n) is 2.28. The van der Waals surface area contributed by atoms with E-state index in [0.717, 1.165) is 11.4 Å². The predicted octanol–water partition coefficient (Wildman–Crippen LogP) is 1.57. The highest BCUT2D eigenvalue weighted by Gasteiger charge is 2.22. The van der Waals surface area contributed by atoms with Crippen LogP contribution in [0.15, 0.2) is 6.33 Å². The van der Waals surface area contributed by atoms with Crippen molar-refractivity contribution in [3.63, 3.8) is 0 Å². The van der Waals surface area contributed by atoms with Crippen molar-refractivity contribution in [1.29, 1.82) is 0 Å². The molecule has 0 aliphatic rings. The van der Waals surface area contributed by atoms with Gasteiger partial charge in [-0.2, -0.15) is 19.6 Å². The van der Waals surface area contributed by atoms with Crippen molar-refractivity contribution in [3.8, 4) is 0 Å². The van der Waals surface area contributed by atoms with Gasteiger partial charge in [0.15, 0.2) is 0 Å². The van der Waals surface area contributed by atoms with Gasteiger partial charge in [0, 0.05) is 26.3 Å². The summed E-state index contributed by atoms with van der Waals surface area (Å²) in [5.74, 6) is 1.34. The number of hydrogen-bond acceptors (Lipinski definition) is 6. The Morgan fingerprint density at radius 1 is 1.38 bits per heavy atom. The molecule has 0 radical (unpaired) electrons. The highest BCUT2D eigenvalue weighted by molar-refractivity contribution is 6.30. The Morgan fingerprint density at radius 3 is 2.81 bits per heavy atom. The standard InChI is InChI=1S/C13H20ClN5O2/c1-9(7-21-4)18(5-6-20-3)12-10(2)11(14)17-13-15-8-16-19(12)13/h8-9H,5-7H2,1-4H3. The summed E-state index contributed by atoms with van der Waals surface area (Å²) in [5.41, 5.74) is 0.855. The first kappa shape index (κ1) is 15.9. The lowest BCUT2D eigenvalue weighted by atomic mass is 10.2. The van der Waals surface area contributed by atoms with Gasteiger partial charge in [-0.05, 0) is 13.8 Å². The number of fused-ring (bicyclic) bond motifs is 1. The zero-order valence-electron chi connectivity index (χ0n) is 12.7. The molecular formula is C13H20ClN5O2. The van der Waals surface area contributed by atoms with Gasteiger partial charge < -0.3 is 14.4 Å². The molecule has 21 heavy (non-hydrogen) atoms. The first-order valence-electron chi connectivity index (χ1n) is 6.70. The lowest BCUT2D eigenvalue weighted by Gasteiger charge is -2.31.